The molecule has 2 rings (SSSR count). The van der Waals surface area contributed by atoms with Gasteiger partial charge in [0.15, 0.2) is 0 Å². The Hall–Kier alpha value is -3.55. The van der Waals surface area contributed by atoms with Crippen LogP contribution in [0.15, 0.2) is 36.4 Å². The molecule has 0 spiro atoms. The number of phenolic OH excluding ortho intramolecular Hbond substituents is 1. The van der Waals surface area contributed by atoms with E-state index < -0.39 is 23.7 Å². The van der Waals surface area contributed by atoms with E-state index in [-0.39, 0.29) is 42.2 Å². The van der Waals surface area contributed by atoms with E-state index in [0.29, 0.717) is 5.69 Å². The van der Waals surface area contributed by atoms with Crippen molar-refractivity contribution < 1.29 is 33.7 Å². The molecule has 0 fully saturated rings. The van der Waals surface area contributed by atoms with Gasteiger partial charge >= 0.3 is 17.9 Å². The molecule has 0 atom stereocenters. The third-order valence-corrected chi connectivity index (χ3v) is 3.82. The molecule has 154 valence electrons. The lowest BCUT2D eigenvalue weighted by Gasteiger charge is -2.16. The molecule has 0 aliphatic carbocycles. The van der Waals surface area contributed by atoms with Crippen molar-refractivity contribution >= 4 is 29.3 Å². The van der Waals surface area contributed by atoms with Crippen LogP contribution in [-0.2, 0) is 14.2 Å². The molecule has 0 aliphatic heterocycles. The van der Waals surface area contributed by atoms with Crippen LogP contribution in [0, 0.1) is 0 Å². The minimum atomic E-state index is -0.748. The largest absolute Gasteiger partial charge is 0.507 e. The lowest BCUT2D eigenvalue weighted by Crippen LogP contribution is -2.13. The van der Waals surface area contributed by atoms with Crippen LogP contribution in [0.2, 0.25) is 0 Å². The number of para-hydroxylation sites is 1. The maximum absolute atomic E-state index is 12.4. The molecule has 0 bridgehead atoms. The summed E-state index contributed by atoms with van der Waals surface area (Å²) in [4.78, 5) is 36.7. The summed E-state index contributed by atoms with van der Waals surface area (Å²) >= 11 is 0. The number of aromatic hydroxyl groups is 1. The molecular formula is C21H23NO7. The number of ether oxygens (including phenoxy) is 3. The van der Waals surface area contributed by atoms with Gasteiger partial charge < -0.3 is 24.6 Å². The third kappa shape index (κ3) is 5.25. The summed E-state index contributed by atoms with van der Waals surface area (Å²) in [5, 5.41) is 13.2. The van der Waals surface area contributed by atoms with Crippen LogP contribution in [0.5, 0.6) is 5.75 Å². The van der Waals surface area contributed by atoms with Gasteiger partial charge in [-0.1, -0.05) is 12.1 Å². The van der Waals surface area contributed by atoms with Gasteiger partial charge in [0.25, 0.3) is 0 Å². The van der Waals surface area contributed by atoms with Crippen molar-refractivity contribution in [2.75, 3.05) is 25.1 Å². The average Bonchev–Trinajstić information content (AvgIpc) is 2.69. The molecule has 29 heavy (non-hydrogen) atoms. The van der Waals surface area contributed by atoms with E-state index in [1.807, 2.05) is 0 Å². The van der Waals surface area contributed by atoms with Gasteiger partial charge in [0.2, 0.25) is 0 Å². The van der Waals surface area contributed by atoms with Crippen molar-refractivity contribution in [1.29, 1.82) is 0 Å². The Morgan fingerprint density at radius 1 is 0.759 bits per heavy atom. The monoisotopic (exact) mass is 401 g/mol. The summed E-state index contributed by atoms with van der Waals surface area (Å²) in [5.74, 6) is -2.41. The second-order valence-corrected chi connectivity index (χ2v) is 5.75. The van der Waals surface area contributed by atoms with E-state index in [2.05, 4.69) is 5.32 Å². The Balaban J connectivity index is 2.55. The minimum absolute atomic E-state index is 0.00365. The lowest BCUT2D eigenvalue weighted by atomic mass is 10.1. The molecule has 0 unspecified atom stereocenters. The van der Waals surface area contributed by atoms with E-state index >= 15 is 0 Å². The van der Waals surface area contributed by atoms with Crippen LogP contribution in [-0.4, -0.2) is 42.8 Å². The number of phenols is 1. The average molecular weight is 401 g/mol. The first-order chi connectivity index (χ1) is 13.9. The van der Waals surface area contributed by atoms with Gasteiger partial charge in [0.1, 0.15) is 11.3 Å². The van der Waals surface area contributed by atoms with Crippen molar-refractivity contribution in [2.24, 2.45) is 0 Å². The highest BCUT2D eigenvalue weighted by Crippen LogP contribution is 2.31. The second kappa shape index (κ2) is 10.1. The predicted molar refractivity (Wildman–Crippen MR) is 106 cm³/mol. The maximum Gasteiger partial charge on any atom is 0.341 e. The summed E-state index contributed by atoms with van der Waals surface area (Å²) in [6, 6.07) is 8.96. The summed E-state index contributed by atoms with van der Waals surface area (Å²) in [5.41, 5.74) is 0.639. The van der Waals surface area contributed by atoms with Crippen LogP contribution in [0.3, 0.4) is 0 Å². The molecule has 8 heteroatoms. The van der Waals surface area contributed by atoms with E-state index in [1.54, 1.807) is 45.0 Å². The minimum Gasteiger partial charge on any atom is -0.507 e. The molecule has 2 aromatic rings. The van der Waals surface area contributed by atoms with Gasteiger partial charge in [0, 0.05) is 0 Å². The molecular weight excluding hydrogens is 378 g/mol. The topological polar surface area (TPSA) is 111 Å². The molecule has 0 amide bonds. The van der Waals surface area contributed by atoms with Crippen molar-refractivity contribution in [3.05, 3.63) is 53.1 Å². The van der Waals surface area contributed by atoms with Crippen LogP contribution in [0.25, 0.3) is 0 Å². The number of hydrogen-bond acceptors (Lipinski definition) is 8. The Labute approximate surface area is 168 Å². The molecule has 0 aliphatic rings. The van der Waals surface area contributed by atoms with Crippen LogP contribution < -0.4 is 5.32 Å². The smallest absolute Gasteiger partial charge is 0.341 e. The Morgan fingerprint density at radius 2 is 1.28 bits per heavy atom. The van der Waals surface area contributed by atoms with Crippen molar-refractivity contribution in [3.8, 4) is 5.75 Å². The number of esters is 3. The summed E-state index contributed by atoms with van der Waals surface area (Å²) in [7, 11) is 0. The number of rotatable bonds is 8. The molecule has 0 heterocycles. The highest BCUT2D eigenvalue weighted by atomic mass is 16.5. The standard InChI is InChI=1S/C21H23NO7/c1-4-27-19(24)13-9-7-8-10-16(13)22-17-11-15(21(26)29-6-3)18(23)12-14(17)20(25)28-5-2/h7-12,22-23H,4-6H2,1-3H3. The molecule has 2 N–H and O–H groups in total. The SMILES string of the molecule is CCOC(=O)c1cc(Nc2ccccc2C(=O)OCC)c(C(=O)OCC)cc1O. The number of hydrogen-bond donors (Lipinski definition) is 2. The van der Waals surface area contributed by atoms with Crippen LogP contribution >= 0.6 is 0 Å². The van der Waals surface area contributed by atoms with E-state index in [9.17, 15) is 19.5 Å². The third-order valence-electron chi connectivity index (χ3n) is 3.82. The van der Waals surface area contributed by atoms with Gasteiger partial charge in [-0.05, 0) is 45.0 Å². The molecule has 0 saturated carbocycles. The van der Waals surface area contributed by atoms with E-state index in [4.69, 9.17) is 14.2 Å². The van der Waals surface area contributed by atoms with Gasteiger partial charge in [-0.3, -0.25) is 0 Å². The lowest BCUT2D eigenvalue weighted by molar-refractivity contribution is 0.0509. The fraction of sp³-hybridized carbons (Fsp3) is 0.286. The highest BCUT2D eigenvalue weighted by Gasteiger charge is 2.22. The zero-order chi connectivity index (χ0) is 21.4. The second-order valence-electron chi connectivity index (χ2n) is 5.75. The Bertz CT molecular complexity index is 908. The zero-order valence-corrected chi connectivity index (χ0v) is 16.5. The normalized spacial score (nSPS) is 10.2. The Kier molecular flexibility index (Phi) is 7.59. The van der Waals surface area contributed by atoms with Crippen molar-refractivity contribution in [1.82, 2.24) is 0 Å². The molecule has 0 aromatic heterocycles. The first kappa shape index (κ1) is 21.7. The quantitative estimate of drug-likeness (QED) is 0.392. The van der Waals surface area contributed by atoms with Crippen LogP contribution in [0.4, 0.5) is 11.4 Å². The van der Waals surface area contributed by atoms with E-state index in [0.717, 1.165) is 6.07 Å². The van der Waals surface area contributed by atoms with Crippen LogP contribution in [0.1, 0.15) is 51.8 Å². The zero-order valence-electron chi connectivity index (χ0n) is 16.5. The molecule has 8 nitrogen and oxygen atoms in total. The number of carbonyl (C=O) groups excluding carboxylic acids is 3. The predicted octanol–water partition coefficient (Wildman–Crippen LogP) is 3.67. The summed E-state index contributed by atoms with van der Waals surface area (Å²) in [6.45, 7) is 5.42. The molecule has 0 saturated heterocycles. The van der Waals surface area contributed by atoms with Crippen molar-refractivity contribution in [3.63, 3.8) is 0 Å². The van der Waals surface area contributed by atoms with E-state index in [1.165, 1.54) is 6.07 Å². The number of anilines is 2. The number of carbonyl (C=O) groups is 3. The van der Waals surface area contributed by atoms with Gasteiger partial charge in [-0.25, -0.2) is 14.4 Å². The maximum atomic E-state index is 12.4. The molecule has 2 aromatic carbocycles. The van der Waals surface area contributed by atoms with Gasteiger partial charge in [-0.2, -0.15) is 0 Å². The fourth-order valence-electron chi connectivity index (χ4n) is 2.57. The summed E-state index contributed by atoms with van der Waals surface area (Å²) in [6.07, 6.45) is 0. The highest BCUT2D eigenvalue weighted by molar-refractivity contribution is 6.03. The summed E-state index contributed by atoms with van der Waals surface area (Å²) < 4.78 is 15.0. The molecule has 0 radical (unpaired) electrons. The number of nitrogens with one attached hydrogen (secondary N) is 1. The number of benzene rings is 2. The first-order valence-corrected chi connectivity index (χ1v) is 9.17. The first-order valence-electron chi connectivity index (χ1n) is 9.17. The Morgan fingerprint density at radius 3 is 1.86 bits per heavy atom. The fourth-order valence-corrected chi connectivity index (χ4v) is 2.57. The van der Waals surface area contributed by atoms with Crippen molar-refractivity contribution in [2.45, 2.75) is 20.8 Å². The van der Waals surface area contributed by atoms with Gasteiger partial charge in [0.05, 0.1) is 42.3 Å². The van der Waals surface area contributed by atoms with Gasteiger partial charge in [-0.15, -0.1) is 0 Å².